The van der Waals surface area contributed by atoms with Crippen molar-refractivity contribution < 1.29 is 9.53 Å². The lowest BCUT2D eigenvalue weighted by atomic mass is 10.0. The van der Waals surface area contributed by atoms with Crippen molar-refractivity contribution in [2.75, 3.05) is 7.11 Å². The summed E-state index contributed by atoms with van der Waals surface area (Å²) in [6, 6.07) is 15.0. The standard InChI is InChI=1S/C20H23N5O2/c1-14-9-10-19(27-3)17(11-14)15(2)22-20(26)18(25-13-21-23-24-25)12-16-7-5-4-6-8-16/h4-11,13,15,18H,12H2,1-3H3,(H,22,26)/t15-,18-/m1/s1. The number of nitrogens with one attached hydrogen (secondary N) is 1. The molecule has 1 amide bonds. The van der Waals surface area contributed by atoms with E-state index in [0.29, 0.717) is 6.42 Å². The van der Waals surface area contributed by atoms with E-state index in [4.69, 9.17) is 4.74 Å². The number of aromatic nitrogens is 4. The molecule has 0 aliphatic carbocycles. The molecular formula is C20H23N5O2. The fourth-order valence-corrected chi connectivity index (χ4v) is 3.03. The number of amides is 1. The first-order valence-corrected chi connectivity index (χ1v) is 8.79. The van der Waals surface area contributed by atoms with Crippen LogP contribution in [0.2, 0.25) is 0 Å². The molecule has 0 bridgehead atoms. The third kappa shape index (κ3) is 4.49. The average Bonchev–Trinajstić information content (AvgIpc) is 3.21. The molecule has 2 aromatic carbocycles. The van der Waals surface area contributed by atoms with Gasteiger partial charge in [0, 0.05) is 12.0 Å². The largest absolute Gasteiger partial charge is 0.496 e. The Kier molecular flexibility index (Phi) is 5.80. The second-order valence-electron chi connectivity index (χ2n) is 6.47. The molecule has 0 saturated heterocycles. The summed E-state index contributed by atoms with van der Waals surface area (Å²) in [6.45, 7) is 3.95. The number of tetrazole rings is 1. The van der Waals surface area contributed by atoms with Gasteiger partial charge < -0.3 is 10.1 Å². The monoisotopic (exact) mass is 365 g/mol. The van der Waals surface area contributed by atoms with Gasteiger partial charge in [0.05, 0.1) is 13.2 Å². The predicted octanol–water partition coefficient (Wildman–Crippen LogP) is 2.65. The molecule has 2 atom stereocenters. The number of benzene rings is 2. The van der Waals surface area contributed by atoms with Gasteiger partial charge in [0.25, 0.3) is 0 Å². The first-order chi connectivity index (χ1) is 13.1. The molecule has 3 aromatic rings. The quantitative estimate of drug-likeness (QED) is 0.696. The Morgan fingerprint density at radius 3 is 2.67 bits per heavy atom. The molecule has 0 spiro atoms. The summed E-state index contributed by atoms with van der Waals surface area (Å²) >= 11 is 0. The molecule has 1 N–H and O–H groups in total. The van der Waals surface area contributed by atoms with Crippen LogP contribution in [0, 0.1) is 6.92 Å². The first kappa shape index (κ1) is 18.6. The van der Waals surface area contributed by atoms with E-state index in [0.717, 1.165) is 22.4 Å². The van der Waals surface area contributed by atoms with Crippen molar-refractivity contribution >= 4 is 5.91 Å². The van der Waals surface area contributed by atoms with Crippen LogP contribution in [-0.2, 0) is 11.2 Å². The molecule has 0 aliphatic heterocycles. The number of hydrogen-bond donors (Lipinski definition) is 1. The molecular weight excluding hydrogens is 342 g/mol. The topological polar surface area (TPSA) is 81.9 Å². The summed E-state index contributed by atoms with van der Waals surface area (Å²) in [5.74, 6) is 0.595. The summed E-state index contributed by atoms with van der Waals surface area (Å²) in [5, 5.41) is 14.4. The Morgan fingerprint density at radius 1 is 1.22 bits per heavy atom. The van der Waals surface area contributed by atoms with Crippen LogP contribution in [0.3, 0.4) is 0 Å². The molecule has 0 radical (unpaired) electrons. The molecule has 0 aliphatic rings. The van der Waals surface area contributed by atoms with Crippen LogP contribution in [0.5, 0.6) is 5.75 Å². The highest BCUT2D eigenvalue weighted by Crippen LogP contribution is 2.26. The minimum atomic E-state index is -0.541. The maximum Gasteiger partial charge on any atom is 0.245 e. The fraction of sp³-hybridized carbons (Fsp3) is 0.300. The number of hydrogen-bond acceptors (Lipinski definition) is 5. The smallest absolute Gasteiger partial charge is 0.245 e. The maximum atomic E-state index is 13.0. The summed E-state index contributed by atoms with van der Waals surface area (Å²) in [6.07, 6.45) is 1.96. The van der Waals surface area contributed by atoms with E-state index in [9.17, 15) is 4.79 Å². The Balaban J connectivity index is 1.81. The summed E-state index contributed by atoms with van der Waals surface area (Å²) in [5.41, 5.74) is 3.07. The summed E-state index contributed by atoms with van der Waals surface area (Å²) in [7, 11) is 1.63. The minimum absolute atomic E-state index is 0.151. The van der Waals surface area contributed by atoms with Gasteiger partial charge >= 0.3 is 0 Å². The van der Waals surface area contributed by atoms with Crippen molar-refractivity contribution in [3.05, 3.63) is 71.5 Å². The Morgan fingerprint density at radius 2 is 2.00 bits per heavy atom. The zero-order chi connectivity index (χ0) is 19.2. The lowest BCUT2D eigenvalue weighted by molar-refractivity contribution is -0.125. The second-order valence-corrected chi connectivity index (χ2v) is 6.47. The van der Waals surface area contributed by atoms with E-state index < -0.39 is 6.04 Å². The van der Waals surface area contributed by atoms with Crippen LogP contribution in [0.1, 0.15) is 35.7 Å². The van der Waals surface area contributed by atoms with Gasteiger partial charge in [-0.15, -0.1) is 5.10 Å². The maximum absolute atomic E-state index is 13.0. The highest BCUT2D eigenvalue weighted by molar-refractivity contribution is 5.81. The van der Waals surface area contributed by atoms with Crippen LogP contribution in [0.15, 0.2) is 54.9 Å². The number of carbonyl (C=O) groups excluding carboxylic acids is 1. The molecule has 7 heteroatoms. The van der Waals surface area contributed by atoms with Crippen molar-refractivity contribution in [1.82, 2.24) is 25.5 Å². The Labute approximate surface area is 158 Å². The zero-order valence-electron chi connectivity index (χ0n) is 15.7. The molecule has 3 rings (SSSR count). The molecule has 0 saturated carbocycles. The van der Waals surface area contributed by atoms with Crippen LogP contribution in [0.4, 0.5) is 0 Å². The third-order valence-corrected chi connectivity index (χ3v) is 4.47. The van der Waals surface area contributed by atoms with E-state index >= 15 is 0 Å². The molecule has 140 valence electrons. The molecule has 7 nitrogen and oxygen atoms in total. The van der Waals surface area contributed by atoms with Gasteiger partial charge in [-0.05, 0) is 35.9 Å². The van der Waals surface area contributed by atoms with E-state index in [1.54, 1.807) is 7.11 Å². The van der Waals surface area contributed by atoms with Crippen molar-refractivity contribution in [2.45, 2.75) is 32.4 Å². The Hall–Kier alpha value is -3.22. The van der Waals surface area contributed by atoms with Crippen molar-refractivity contribution in [2.24, 2.45) is 0 Å². The van der Waals surface area contributed by atoms with Gasteiger partial charge in [0.1, 0.15) is 18.1 Å². The average molecular weight is 365 g/mol. The van der Waals surface area contributed by atoms with E-state index in [2.05, 4.69) is 20.8 Å². The van der Waals surface area contributed by atoms with Crippen molar-refractivity contribution in [3.8, 4) is 5.75 Å². The SMILES string of the molecule is COc1ccc(C)cc1[C@@H](C)NC(=O)[C@@H](Cc1ccccc1)n1cnnn1. The minimum Gasteiger partial charge on any atom is -0.496 e. The highest BCUT2D eigenvalue weighted by atomic mass is 16.5. The number of ether oxygens (including phenoxy) is 1. The summed E-state index contributed by atoms with van der Waals surface area (Å²) in [4.78, 5) is 13.0. The summed E-state index contributed by atoms with van der Waals surface area (Å²) < 4.78 is 6.93. The van der Waals surface area contributed by atoms with Crippen LogP contribution in [0.25, 0.3) is 0 Å². The molecule has 27 heavy (non-hydrogen) atoms. The normalized spacial score (nSPS) is 13.0. The number of aryl methyl sites for hydroxylation is 1. The fourth-order valence-electron chi connectivity index (χ4n) is 3.03. The first-order valence-electron chi connectivity index (χ1n) is 8.79. The third-order valence-electron chi connectivity index (χ3n) is 4.47. The molecule has 1 heterocycles. The second kappa shape index (κ2) is 8.44. The van der Waals surface area contributed by atoms with Crippen molar-refractivity contribution in [3.63, 3.8) is 0 Å². The van der Waals surface area contributed by atoms with E-state index in [1.165, 1.54) is 11.0 Å². The van der Waals surface area contributed by atoms with Crippen LogP contribution in [-0.4, -0.2) is 33.2 Å². The number of rotatable bonds is 7. The molecule has 0 fully saturated rings. The van der Waals surface area contributed by atoms with Crippen LogP contribution < -0.4 is 10.1 Å². The van der Waals surface area contributed by atoms with E-state index in [1.807, 2.05) is 62.4 Å². The number of methoxy groups -OCH3 is 1. The van der Waals surface area contributed by atoms with E-state index in [-0.39, 0.29) is 11.9 Å². The van der Waals surface area contributed by atoms with Crippen LogP contribution >= 0.6 is 0 Å². The van der Waals surface area contributed by atoms with Gasteiger partial charge in [0.2, 0.25) is 5.91 Å². The Bertz CT molecular complexity index is 881. The zero-order valence-corrected chi connectivity index (χ0v) is 15.7. The molecule has 1 aromatic heterocycles. The lowest BCUT2D eigenvalue weighted by Gasteiger charge is -2.22. The number of nitrogens with zero attached hydrogens (tertiary/aromatic N) is 4. The van der Waals surface area contributed by atoms with Gasteiger partial charge in [-0.2, -0.15) is 0 Å². The van der Waals surface area contributed by atoms with Gasteiger partial charge in [-0.3, -0.25) is 4.79 Å². The highest BCUT2D eigenvalue weighted by Gasteiger charge is 2.25. The number of carbonyl (C=O) groups is 1. The van der Waals surface area contributed by atoms with Gasteiger partial charge in [-0.1, -0.05) is 48.0 Å². The molecule has 0 unspecified atom stereocenters. The van der Waals surface area contributed by atoms with Gasteiger partial charge in [-0.25, -0.2) is 4.68 Å². The predicted molar refractivity (Wildman–Crippen MR) is 101 cm³/mol. The van der Waals surface area contributed by atoms with Gasteiger partial charge in [0.15, 0.2) is 0 Å². The lowest BCUT2D eigenvalue weighted by Crippen LogP contribution is -2.36. The van der Waals surface area contributed by atoms with Crippen molar-refractivity contribution in [1.29, 1.82) is 0 Å².